The first-order valence-electron chi connectivity index (χ1n) is 23.5. The first kappa shape index (κ1) is 40.4. The van der Waals surface area contributed by atoms with Crippen LogP contribution in [-0.2, 0) is 27.1 Å². The predicted octanol–water partition coefficient (Wildman–Crippen LogP) is 15.4. The molecule has 5 aliphatic rings. The van der Waals surface area contributed by atoms with Crippen molar-refractivity contribution in [2.24, 2.45) is 0 Å². The van der Waals surface area contributed by atoms with Crippen LogP contribution in [0.15, 0.2) is 102 Å². The molecule has 0 saturated heterocycles. The van der Waals surface area contributed by atoms with Gasteiger partial charge in [-0.05, 0) is 175 Å². The summed E-state index contributed by atoms with van der Waals surface area (Å²) in [4.78, 5) is 7.12. The third kappa shape index (κ3) is 5.83. The van der Waals surface area contributed by atoms with Gasteiger partial charge in [-0.3, -0.25) is 0 Å². The molecule has 2 nitrogen and oxygen atoms in total. The zero-order valence-corrected chi connectivity index (χ0v) is 40.4. The Morgan fingerprint density at radius 3 is 1.76 bits per heavy atom. The average molecular weight is 833 g/mol. The number of fused-ring (bicyclic) bond motifs is 9. The first-order valence-corrected chi connectivity index (χ1v) is 24.4. The molecule has 2 atom stereocenters. The summed E-state index contributed by atoms with van der Waals surface area (Å²) < 4.78 is 0. The lowest BCUT2D eigenvalue weighted by Crippen LogP contribution is -2.62. The molecule has 316 valence electrons. The molecule has 0 radical (unpaired) electrons. The summed E-state index contributed by atoms with van der Waals surface area (Å²) in [5, 5.41) is 2.76. The molecule has 3 heterocycles. The number of thioether (sulfide) groups is 1. The van der Waals surface area contributed by atoms with Crippen molar-refractivity contribution in [2.75, 3.05) is 9.71 Å². The molecule has 0 fully saturated rings. The molecule has 62 heavy (non-hydrogen) atoms. The Morgan fingerprint density at radius 2 is 1.15 bits per heavy atom. The zero-order chi connectivity index (χ0) is 43.6. The quantitative estimate of drug-likeness (QED) is 0.161. The highest BCUT2D eigenvalue weighted by Crippen LogP contribution is 2.61. The van der Waals surface area contributed by atoms with Crippen molar-refractivity contribution < 1.29 is 0 Å². The van der Waals surface area contributed by atoms with Crippen molar-refractivity contribution >= 4 is 57.6 Å². The Kier molecular flexibility index (Phi) is 8.52. The second-order valence-electron chi connectivity index (χ2n) is 23.6. The minimum absolute atomic E-state index is 0.0689. The van der Waals surface area contributed by atoms with E-state index in [9.17, 15) is 0 Å². The van der Waals surface area contributed by atoms with Crippen molar-refractivity contribution in [2.45, 2.75) is 159 Å². The van der Waals surface area contributed by atoms with E-state index in [1.165, 1.54) is 114 Å². The smallest absolute Gasteiger partial charge is 0.307 e. The lowest BCUT2D eigenvalue weighted by Gasteiger charge is -2.51. The molecule has 0 amide bonds. The van der Waals surface area contributed by atoms with E-state index in [1.54, 1.807) is 11.1 Å². The van der Waals surface area contributed by atoms with Crippen molar-refractivity contribution in [3.63, 3.8) is 0 Å². The summed E-state index contributed by atoms with van der Waals surface area (Å²) in [6.45, 7) is 31.7. The molecule has 2 unspecified atom stereocenters. The van der Waals surface area contributed by atoms with Crippen LogP contribution in [0.25, 0.3) is 21.9 Å². The van der Waals surface area contributed by atoms with Gasteiger partial charge in [0.2, 0.25) is 0 Å². The van der Waals surface area contributed by atoms with Crippen LogP contribution in [0, 0.1) is 13.8 Å². The summed E-state index contributed by atoms with van der Waals surface area (Å²) in [6.07, 6.45) is 4.85. The lowest BCUT2D eigenvalue weighted by molar-refractivity contribution is 0.331. The highest BCUT2D eigenvalue weighted by atomic mass is 32.2. The predicted molar refractivity (Wildman–Crippen MR) is 270 cm³/mol. The van der Waals surface area contributed by atoms with Crippen LogP contribution in [0.3, 0.4) is 0 Å². The van der Waals surface area contributed by atoms with E-state index in [0.717, 1.165) is 0 Å². The van der Waals surface area contributed by atoms with E-state index in [2.05, 4.69) is 209 Å². The number of anilines is 4. The van der Waals surface area contributed by atoms with Gasteiger partial charge in [0, 0.05) is 39.0 Å². The Hall–Kier alpha value is -4.41. The molecule has 0 bridgehead atoms. The van der Waals surface area contributed by atoms with Gasteiger partial charge in [-0.25, -0.2) is 0 Å². The Bertz CT molecular complexity index is 2870. The molecule has 6 aromatic rings. The lowest BCUT2D eigenvalue weighted by atomic mass is 9.38. The molecule has 2 aliphatic carbocycles. The number of hydrogen-bond donors (Lipinski definition) is 0. The molecule has 0 saturated carbocycles. The van der Waals surface area contributed by atoms with Gasteiger partial charge < -0.3 is 9.71 Å². The fourth-order valence-electron chi connectivity index (χ4n) is 12.4. The molecule has 6 aromatic carbocycles. The minimum Gasteiger partial charge on any atom is -0.380 e. The van der Waals surface area contributed by atoms with Crippen LogP contribution in [-0.4, -0.2) is 12.2 Å². The van der Waals surface area contributed by atoms with E-state index in [1.807, 2.05) is 0 Å². The number of nitrogens with zero attached hydrogens (tertiary/aromatic N) is 2. The van der Waals surface area contributed by atoms with Gasteiger partial charge in [-0.1, -0.05) is 131 Å². The van der Waals surface area contributed by atoms with Gasteiger partial charge in [-0.2, -0.15) is 0 Å². The van der Waals surface area contributed by atoms with Gasteiger partial charge in [0.25, 0.3) is 0 Å². The second kappa shape index (κ2) is 13.1. The van der Waals surface area contributed by atoms with Crippen LogP contribution in [0.4, 0.5) is 22.7 Å². The first-order chi connectivity index (χ1) is 29.1. The van der Waals surface area contributed by atoms with Crippen LogP contribution in [0.5, 0.6) is 0 Å². The third-order valence-corrected chi connectivity index (χ3v) is 17.8. The summed E-state index contributed by atoms with van der Waals surface area (Å²) in [5.74, 6) is 0.205. The average Bonchev–Trinajstić information content (AvgIpc) is 3.58. The fraction of sp³-hybridized carbons (Fsp3) is 0.414. The largest absolute Gasteiger partial charge is 0.380 e. The van der Waals surface area contributed by atoms with E-state index in [-0.39, 0.29) is 45.1 Å². The normalized spacial score (nSPS) is 22.0. The monoisotopic (exact) mass is 832 g/mol. The number of rotatable bonds is 2. The number of aryl methyl sites for hydroxylation is 2. The van der Waals surface area contributed by atoms with Gasteiger partial charge in [0.05, 0.1) is 5.37 Å². The highest BCUT2D eigenvalue weighted by molar-refractivity contribution is 8.00. The summed E-state index contributed by atoms with van der Waals surface area (Å²) >= 11 is 2.15. The molecule has 0 spiro atoms. The molecule has 11 rings (SSSR count). The van der Waals surface area contributed by atoms with Crippen LogP contribution >= 0.6 is 11.8 Å². The van der Waals surface area contributed by atoms with Crippen molar-refractivity contribution in [3.8, 4) is 11.1 Å². The SMILES string of the molecule is Cc1cc2c3c(c1)N(c1cc4c(cc1C)C(C)(C)CCC4(C)C)C1Sc4cc5c(cc4C1B3N(c1ccc(C(C)(C)C)cc1)c1cc3ccccc3cc1-2)C(C)(C)CCC5(C)C. The van der Waals surface area contributed by atoms with Crippen molar-refractivity contribution in [3.05, 3.63) is 142 Å². The van der Waals surface area contributed by atoms with Gasteiger partial charge >= 0.3 is 6.85 Å². The van der Waals surface area contributed by atoms with Crippen LogP contribution in [0.2, 0.25) is 0 Å². The second-order valence-corrected chi connectivity index (χ2v) is 24.8. The standard InChI is InChI=1S/C58H65BN2S/c1-34-26-41-40-29-36-16-14-15-17-37(36)30-48(40)61(39-20-18-38(19-21-39)54(3,4)5)59-51(41)49(27-34)60(47-32-45-43(28-35(47)2)55(6,7)22-24-57(45,10)11)53-52(59)42-31-44-46(33-50(42)62-53)58(12,13)25-23-56(44,8)9/h14-21,26-33,52-53H,22-25H2,1-13H3. The van der Waals surface area contributed by atoms with Crippen LogP contribution < -0.4 is 15.2 Å². The number of benzene rings is 6. The number of hydrogen-bond acceptors (Lipinski definition) is 3. The van der Waals surface area contributed by atoms with Gasteiger partial charge in [0.1, 0.15) is 0 Å². The van der Waals surface area contributed by atoms with E-state index in [4.69, 9.17) is 0 Å². The fourth-order valence-corrected chi connectivity index (χ4v) is 14.0. The highest BCUT2D eigenvalue weighted by Gasteiger charge is 2.57. The molecule has 0 N–H and O–H groups in total. The molecule has 4 heteroatoms. The summed E-state index contributed by atoms with van der Waals surface area (Å²) in [6, 6.07) is 39.4. The van der Waals surface area contributed by atoms with Gasteiger partial charge in [-0.15, -0.1) is 11.8 Å². The summed E-state index contributed by atoms with van der Waals surface area (Å²) in [5.41, 5.74) is 21.9. The maximum absolute atomic E-state index is 2.85. The Morgan fingerprint density at radius 1 is 0.581 bits per heavy atom. The van der Waals surface area contributed by atoms with E-state index < -0.39 is 0 Å². The van der Waals surface area contributed by atoms with E-state index in [0.29, 0.717) is 0 Å². The van der Waals surface area contributed by atoms with E-state index >= 15 is 0 Å². The maximum Gasteiger partial charge on any atom is 0.307 e. The molecular formula is C58H65BN2S. The van der Waals surface area contributed by atoms with Gasteiger partial charge in [0.15, 0.2) is 0 Å². The minimum atomic E-state index is 0.0689. The Labute approximate surface area is 377 Å². The van der Waals surface area contributed by atoms with Crippen LogP contribution in [0.1, 0.15) is 152 Å². The third-order valence-electron chi connectivity index (χ3n) is 16.5. The summed E-state index contributed by atoms with van der Waals surface area (Å²) in [7, 11) is 0. The molecule has 0 aromatic heterocycles. The molecule has 3 aliphatic heterocycles. The molecular weight excluding hydrogens is 768 g/mol. The zero-order valence-electron chi connectivity index (χ0n) is 39.6. The maximum atomic E-state index is 2.85. The van der Waals surface area contributed by atoms with Crippen molar-refractivity contribution in [1.29, 1.82) is 0 Å². The Balaban J connectivity index is 1.25. The topological polar surface area (TPSA) is 6.48 Å². The van der Waals surface area contributed by atoms with Crippen molar-refractivity contribution in [1.82, 2.24) is 0 Å².